The summed E-state index contributed by atoms with van der Waals surface area (Å²) in [5.74, 6) is 0. The molecular formula is C6H7F2N3O. The van der Waals surface area contributed by atoms with Gasteiger partial charge in [0.1, 0.15) is 5.70 Å². The van der Waals surface area contributed by atoms with Crippen LogP contribution in [0, 0.1) is 11.3 Å². The molecule has 1 N–H and O–H groups in total. The predicted molar refractivity (Wildman–Crippen MR) is 36.7 cm³/mol. The van der Waals surface area contributed by atoms with Gasteiger partial charge in [0.05, 0.1) is 6.07 Å². The van der Waals surface area contributed by atoms with Gasteiger partial charge in [0, 0.05) is 13.1 Å². The molecule has 0 aliphatic heterocycles. The highest BCUT2D eigenvalue weighted by molar-refractivity contribution is 5.45. The number of amides is 1. The van der Waals surface area contributed by atoms with Crippen LogP contribution in [-0.4, -0.2) is 24.9 Å². The summed E-state index contributed by atoms with van der Waals surface area (Å²) in [7, 11) is 1.25. The van der Waals surface area contributed by atoms with Crippen molar-refractivity contribution in [2.24, 2.45) is 0 Å². The number of carbonyl (C=O) groups excluding carboxylic acids is 1. The van der Waals surface area contributed by atoms with Crippen LogP contribution in [-0.2, 0) is 4.79 Å². The molecule has 6 heteroatoms. The van der Waals surface area contributed by atoms with Gasteiger partial charge in [-0.1, -0.05) is 0 Å². The molecule has 0 aliphatic carbocycles. The van der Waals surface area contributed by atoms with Gasteiger partial charge in [0.25, 0.3) is 6.43 Å². The molecule has 1 amide bonds. The van der Waals surface area contributed by atoms with Gasteiger partial charge in [0.2, 0.25) is 6.41 Å². The first kappa shape index (κ1) is 10.4. The van der Waals surface area contributed by atoms with E-state index >= 15 is 0 Å². The Labute approximate surface area is 68.0 Å². The number of hydrogen-bond acceptors (Lipinski definition) is 3. The third-order valence-corrected chi connectivity index (χ3v) is 0.919. The summed E-state index contributed by atoms with van der Waals surface area (Å²) in [6.07, 6.45) is -1.84. The molecule has 0 rings (SSSR count). The van der Waals surface area contributed by atoms with Crippen LogP contribution in [0.4, 0.5) is 8.78 Å². The van der Waals surface area contributed by atoms with Gasteiger partial charge >= 0.3 is 0 Å². The number of nitrogens with one attached hydrogen (secondary N) is 1. The third kappa shape index (κ3) is 3.51. The lowest BCUT2D eigenvalue weighted by atomic mass is 10.4. The molecule has 0 aromatic heterocycles. The third-order valence-electron chi connectivity index (χ3n) is 0.919. The first-order chi connectivity index (χ1) is 5.61. The molecule has 0 aromatic carbocycles. The summed E-state index contributed by atoms with van der Waals surface area (Å²) >= 11 is 0. The maximum Gasteiger partial charge on any atom is 0.280 e. The van der Waals surface area contributed by atoms with E-state index in [-0.39, 0.29) is 0 Å². The maximum atomic E-state index is 12.0. The normalized spacial score (nSPS) is 10.8. The molecule has 0 saturated carbocycles. The molecule has 0 bridgehead atoms. The van der Waals surface area contributed by atoms with Crippen molar-refractivity contribution in [2.45, 2.75) is 6.43 Å². The number of halogens is 2. The van der Waals surface area contributed by atoms with E-state index in [1.54, 1.807) is 0 Å². The Morgan fingerprint density at radius 2 is 2.33 bits per heavy atom. The monoisotopic (exact) mass is 175 g/mol. The molecule has 4 nitrogen and oxygen atoms in total. The van der Waals surface area contributed by atoms with Crippen LogP contribution in [0.15, 0.2) is 11.8 Å². The smallest absolute Gasteiger partial charge is 0.280 e. The largest absolute Gasteiger partial charge is 0.294 e. The number of alkyl halides is 2. The zero-order chi connectivity index (χ0) is 9.56. The van der Waals surface area contributed by atoms with E-state index in [1.807, 2.05) is 5.43 Å². The molecule has 0 heterocycles. The van der Waals surface area contributed by atoms with Crippen LogP contribution in [0.2, 0.25) is 0 Å². The quantitative estimate of drug-likeness (QED) is 0.378. The molecule has 0 fully saturated rings. The number of hydrogen-bond donors (Lipinski definition) is 1. The lowest BCUT2D eigenvalue weighted by Gasteiger charge is -2.15. The van der Waals surface area contributed by atoms with Gasteiger partial charge in [0.15, 0.2) is 0 Å². The van der Waals surface area contributed by atoms with Crippen LogP contribution >= 0.6 is 0 Å². The minimum atomic E-state index is -2.80. The van der Waals surface area contributed by atoms with Crippen LogP contribution < -0.4 is 5.43 Å². The topological polar surface area (TPSA) is 56.1 Å². The summed E-state index contributed by atoms with van der Waals surface area (Å²) in [5, 5.41) is 8.85. The minimum absolute atomic E-state index is 0.313. The second-order valence-corrected chi connectivity index (χ2v) is 1.86. The average molecular weight is 175 g/mol. The molecule has 0 atom stereocenters. The van der Waals surface area contributed by atoms with Crippen molar-refractivity contribution in [3.05, 3.63) is 11.8 Å². The van der Waals surface area contributed by atoms with Crippen molar-refractivity contribution in [3.8, 4) is 6.07 Å². The SMILES string of the molecule is CN(C=O)N/C(=C/C#N)C(F)F. The molecule has 66 valence electrons. The Bertz CT molecular complexity index is 221. The lowest BCUT2D eigenvalue weighted by Crippen LogP contribution is -2.34. The van der Waals surface area contributed by atoms with Crippen molar-refractivity contribution < 1.29 is 13.6 Å². The molecule has 0 aromatic rings. The number of hydrazine groups is 1. The second-order valence-electron chi connectivity index (χ2n) is 1.86. The van der Waals surface area contributed by atoms with Crippen LogP contribution in [0.3, 0.4) is 0 Å². The molecular weight excluding hydrogens is 168 g/mol. The zero-order valence-corrected chi connectivity index (χ0v) is 6.29. The van der Waals surface area contributed by atoms with Crippen LogP contribution in [0.25, 0.3) is 0 Å². The first-order valence-electron chi connectivity index (χ1n) is 2.94. The number of nitriles is 1. The fraction of sp³-hybridized carbons (Fsp3) is 0.333. The van der Waals surface area contributed by atoms with Gasteiger partial charge in [-0.2, -0.15) is 5.26 Å². The van der Waals surface area contributed by atoms with E-state index in [1.165, 1.54) is 13.1 Å². The van der Waals surface area contributed by atoms with Crippen LogP contribution in [0.1, 0.15) is 0 Å². The Morgan fingerprint density at radius 1 is 1.75 bits per heavy atom. The minimum Gasteiger partial charge on any atom is -0.294 e. The van der Waals surface area contributed by atoms with Gasteiger partial charge in [-0.05, 0) is 0 Å². The van der Waals surface area contributed by atoms with Crippen molar-refractivity contribution in [3.63, 3.8) is 0 Å². The first-order valence-corrected chi connectivity index (χ1v) is 2.94. The van der Waals surface area contributed by atoms with E-state index in [4.69, 9.17) is 5.26 Å². The number of rotatable bonds is 4. The van der Waals surface area contributed by atoms with Crippen molar-refractivity contribution in [1.82, 2.24) is 10.4 Å². The summed E-state index contributed by atoms with van der Waals surface area (Å²) in [6.45, 7) is 0. The second kappa shape index (κ2) is 5.07. The summed E-state index contributed by atoms with van der Waals surface area (Å²) in [5.41, 5.74) is 1.42. The average Bonchev–Trinajstić information content (AvgIpc) is 2.03. The summed E-state index contributed by atoms with van der Waals surface area (Å²) in [4.78, 5) is 9.98. The Balaban J connectivity index is 4.26. The molecule has 0 spiro atoms. The highest BCUT2D eigenvalue weighted by atomic mass is 19.3. The molecule has 0 aliphatic rings. The van der Waals surface area contributed by atoms with Crippen molar-refractivity contribution >= 4 is 6.41 Å². The number of allylic oxidation sites excluding steroid dienone is 2. The molecule has 12 heavy (non-hydrogen) atoms. The molecule has 0 unspecified atom stereocenters. The van der Waals surface area contributed by atoms with Crippen molar-refractivity contribution in [1.29, 1.82) is 5.26 Å². The molecule has 0 radical (unpaired) electrons. The Hall–Kier alpha value is -1.64. The standard InChI is InChI=1S/C6H7F2N3O/c1-11(4-12)10-5(2-3-9)6(7)8/h2,4,6,10H,1H3/b5-2+. The molecule has 0 saturated heterocycles. The maximum absolute atomic E-state index is 12.0. The van der Waals surface area contributed by atoms with Crippen LogP contribution in [0.5, 0.6) is 0 Å². The fourth-order valence-electron chi connectivity index (χ4n) is 0.444. The van der Waals surface area contributed by atoms with Crippen molar-refractivity contribution in [2.75, 3.05) is 7.05 Å². The highest BCUT2D eigenvalue weighted by Gasteiger charge is 2.11. The predicted octanol–water partition coefficient (Wildman–Crippen LogP) is 0.252. The lowest BCUT2D eigenvalue weighted by molar-refractivity contribution is -0.119. The van der Waals surface area contributed by atoms with Gasteiger partial charge < -0.3 is 0 Å². The van der Waals surface area contributed by atoms with E-state index in [0.717, 1.165) is 5.01 Å². The van der Waals surface area contributed by atoms with Gasteiger partial charge in [-0.3, -0.25) is 15.2 Å². The van der Waals surface area contributed by atoms with Gasteiger partial charge in [-0.15, -0.1) is 0 Å². The number of carbonyl (C=O) groups is 1. The summed E-state index contributed by atoms with van der Waals surface area (Å²) < 4.78 is 23.9. The summed E-state index contributed by atoms with van der Waals surface area (Å²) in [6, 6.07) is 1.43. The highest BCUT2D eigenvalue weighted by Crippen LogP contribution is 2.03. The van der Waals surface area contributed by atoms with E-state index in [2.05, 4.69) is 0 Å². The zero-order valence-electron chi connectivity index (χ0n) is 6.29. The fourth-order valence-corrected chi connectivity index (χ4v) is 0.444. The van der Waals surface area contributed by atoms with E-state index in [9.17, 15) is 13.6 Å². The van der Waals surface area contributed by atoms with E-state index < -0.39 is 12.1 Å². The Kier molecular flexibility index (Phi) is 4.38. The number of nitrogens with zero attached hydrogens (tertiary/aromatic N) is 2. The Morgan fingerprint density at radius 3 is 2.67 bits per heavy atom. The van der Waals surface area contributed by atoms with Gasteiger partial charge in [-0.25, -0.2) is 8.78 Å². The van der Waals surface area contributed by atoms with E-state index in [0.29, 0.717) is 12.5 Å².